The molecule has 0 fully saturated rings. The lowest BCUT2D eigenvalue weighted by atomic mass is 10.4. The van der Waals surface area contributed by atoms with Crippen molar-refractivity contribution < 1.29 is 19.1 Å². The van der Waals surface area contributed by atoms with Crippen molar-refractivity contribution in [1.29, 1.82) is 0 Å². The van der Waals surface area contributed by atoms with E-state index in [1.807, 2.05) is 0 Å². The summed E-state index contributed by atoms with van der Waals surface area (Å²) in [6.45, 7) is 1.29. The summed E-state index contributed by atoms with van der Waals surface area (Å²) < 4.78 is 4.42. The first-order valence-corrected chi connectivity index (χ1v) is 3.52. The molecule has 0 aliphatic heterocycles. The number of halogens is 1. The predicted octanol–water partition coefficient (Wildman–Crippen LogP) is 0.0193. The smallest absolute Gasteiger partial charge is 0.321 e. The van der Waals surface area contributed by atoms with Gasteiger partial charge in [0.15, 0.2) is 6.10 Å². The Balaban J connectivity index is 4.03. The molecule has 66 valence electrons. The van der Waals surface area contributed by atoms with Gasteiger partial charge in [0.1, 0.15) is 5.88 Å². The number of esters is 1. The highest BCUT2D eigenvalue weighted by Gasteiger charge is 2.15. The minimum absolute atomic E-state index is 0.345. The zero-order chi connectivity index (χ0) is 9.56. The molecule has 0 heterocycles. The number of amides is 1. The maximum Gasteiger partial charge on any atom is 0.321 e. The van der Waals surface area contributed by atoms with Crippen molar-refractivity contribution >= 4 is 29.6 Å². The third-order valence-corrected chi connectivity index (χ3v) is 1.14. The minimum Gasteiger partial charge on any atom is -0.452 e. The Morgan fingerprint density at radius 2 is 2.25 bits per heavy atom. The van der Waals surface area contributed by atoms with E-state index in [1.165, 1.54) is 6.92 Å². The number of isocyanates is 1. The molecule has 0 N–H and O–H groups in total. The number of aliphatic imine (C=N–C) groups is 1. The van der Waals surface area contributed by atoms with E-state index in [2.05, 4.69) is 9.73 Å². The summed E-state index contributed by atoms with van der Waals surface area (Å²) in [7, 11) is 0. The molecule has 6 heteroatoms. The number of hydrogen-bond donors (Lipinski definition) is 0. The van der Waals surface area contributed by atoms with Gasteiger partial charge in [-0.25, -0.2) is 4.79 Å². The molecular formula is C6H6ClNO4. The lowest BCUT2D eigenvalue weighted by Crippen LogP contribution is -2.23. The zero-order valence-electron chi connectivity index (χ0n) is 6.24. The molecule has 1 atom stereocenters. The molecule has 0 aliphatic rings. The van der Waals surface area contributed by atoms with Crippen LogP contribution in [0.25, 0.3) is 0 Å². The molecular weight excluding hydrogens is 186 g/mol. The number of nitrogens with zero attached hydrogens (tertiary/aromatic N) is 1. The molecule has 0 aromatic heterocycles. The lowest BCUT2D eigenvalue weighted by Gasteiger charge is -2.05. The van der Waals surface area contributed by atoms with Gasteiger partial charge in [0.2, 0.25) is 6.08 Å². The second kappa shape index (κ2) is 5.46. The van der Waals surface area contributed by atoms with Crippen molar-refractivity contribution in [3.63, 3.8) is 0 Å². The van der Waals surface area contributed by atoms with Gasteiger partial charge in [0, 0.05) is 0 Å². The van der Waals surface area contributed by atoms with Gasteiger partial charge < -0.3 is 4.74 Å². The molecule has 1 unspecified atom stereocenters. The number of alkyl halides is 1. The lowest BCUT2D eigenvalue weighted by molar-refractivity contribution is -0.151. The third-order valence-electron chi connectivity index (χ3n) is 0.921. The van der Waals surface area contributed by atoms with Crippen molar-refractivity contribution in [2.45, 2.75) is 13.0 Å². The van der Waals surface area contributed by atoms with E-state index in [1.54, 1.807) is 0 Å². The van der Waals surface area contributed by atoms with Crippen LogP contribution in [0.1, 0.15) is 6.92 Å². The van der Waals surface area contributed by atoms with Crippen LogP contribution >= 0.6 is 11.6 Å². The Kier molecular flexibility index (Phi) is 4.92. The van der Waals surface area contributed by atoms with Gasteiger partial charge in [-0.3, -0.25) is 9.59 Å². The first-order chi connectivity index (χ1) is 5.61. The number of rotatable bonds is 3. The number of hydrogen-bond acceptors (Lipinski definition) is 4. The Morgan fingerprint density at radius 3 is 2.67 bits per heavy atom. The second-order valence-corrected chi connectivity index (χ2v) is 2.07. The predicted molar refractivity (Wildman–Crippen MR) is 39.4 cm³/mol. The van der Waals surface area contributed by atoms with Crippen LogP contribution in [0.4, 0.5) is 0 Å². The Bertz CT molecular complexity index is 234. The van der Waals surface area contributed by atoms with Crippen LogP contribution in [0.5, 0.6) is 0 Å². The summed E-state index contributed by atoms with van der Waals surface area (Å²) in [6, 6.07) is 0. The minimum atomic E-state index is -1.09. The van der Waals surface area contributed by atoms with Crippen LogP contribution in [0, 0.1) is 0 Å². The van der Waals surface area contributed by atoms with E-state index in [0.29, 0.717) is 0 Å². The summed E-state index contributed by atoms with van der Waals surface area (Å²) in [4.78, 5) is 33.5. The first kappa shape index (κ1) is 10.8. The molecule has 5 nitrogen and oxygen atoms in total. The second-order valence-electron chi connectivity index (χ2n) is 1.81. The zero-order valence-corrected chi connectivity index (χ0v) is 7.00. The molecule has 1 amide bonds. The van der Waals surface area contributed by atoms with Crippen LogP contribution in [-0.4, -0.2) is 29.9 Å². The van der Waals surface area contributed by atoms with Gasteiger partial charge in [-0.05, 0) is 6.92 Å². The van der Waals surface area contributed by atoms with E-state index < -0.39 is 18.0 Å². The Labute approximate surface area is 73.4 Å². The summed E-state index contributed by atoms with van der Waals surface area (Å²) in [6.07, 6.45) is -0.0447. The van der Waals surface area contributed by atoms with Gasteiger partial charge in [0.25, 0.3) is 5.91 Å². The quantitative estimate of drug-likeness (QED) is 0.273. The maximum atomic E-state index is 10.6. The third kappa shape index (κ3) is 3.85. The fraction of sp³-hybridized carbons (Fsp3) is 0.500. The van der Waals surface area contributed by atoms with E-state index in [4.69, 9.17) is 11.6 Å². The van der Waals surface area contributed by atoms with Crippen molar-refractivity contribution in [3.8, 4) is 0 Å². The standard InChI is InChI=1S/C6H6ClNO4/c1-4(6(11)8-3-9)12-5(10)2-7/h4H,2H2,1H3. The number of carbonyl (C=O) groups is 2. The SMILES string of the molecule is CC(OC(=O)CCl)C(=O)N=C=O. The summed E-state index contributed by atoms with van der Waals surface area (Å²) >= 11 is 5.08. The van der Waals surface area contributed by atoms with Crippen LogP contribution in [0.3, 0.4) is 0 Å². The molecule has 0 rings (SSSR count). The van der Waals surface area contributed by atoms with Gasteiger partial charge in [-0.1, -0.05) is 0 Å². The molecule has 0 aromatic carbocycles. The van der Waals surface area contributed by atoms with E-state index in [-0.39, 0.29) is 5.88 Å². The number of ether oxygens (including phenoxy) is 1. The summed E-state index contributed by atoms with van der Waals surface area (Å²) in [5, 5.41) is 0. The monoisotopic (exact) mass is 191 g/mol. The molecule has 0 bridgehead atoms. The van der Waals surface area contributed by atoms with E-state index in [0.717, 1.165) is 6.08 Å². The molecule has 12 heavy (non-hydrogen) atoms. The highest BCUT2D eigenvalue weighted by Crippen LogP contribution is 1.95. The van der Waals surface area contributed by atoms with E-state index >= 15 is 0 Å². The van der Waals surface area contributed by atoms with Crippen molar-refractivity contribution in [2.24, 2.45) is 4.99 Å². The fourth-order valence-electron chi connectivity index (χ4n) is 0.415. The summed E-state index contributed by atoms with van der Waals surface area (Å²) in [5.74, 6) is -1.94. The van der Waals surface area contributed by atoms with E-state index in [9.17, 15) is 14.4 Å². The average molecular weight is 192 g/mol. The van der Waals surface area contributed by atoms with Gasteiger partial charge in [0.05, 0.1) is 0 Å². The van der Waals surface area contributed by atoms with Crippen molar-refractivity contribution in [2.75, 3.05) is 5.88 Å². The Hall–Kier alpha value is -1.19. The highest BCUT2D eigenvalue weighted by atomic mass is 35.5. The molecule has 0 radical (unpaired) electrons. The maximum absolute atomic E-state index is 10.6. The van der Waals surface area contributed by atoms with Crippen molar-refractivity contribution in [1.82, 2.24) is 0 Å². The number of carbonyl (C=O) groups excluding carboxylic acids is 3. The normalized spacial score (nSPS) is 11.2. The van der Waals surface area contributed by atoms with Gasteiger partial charge in [-0.2, -0.15) is 0 Å². The highest BCUT2D eigenvalue weighted by molar-refractivity contribution is 6.26. The summed E-state index contributed by atoms with van der Waals surface area (Å²) in [5.41, 5.74) is 0. The molecule has 0 aliphatic carbocycles. The average Bonchev–Trinajstić information content (AvgIpc) is 2.04. The largest absolute Gasteiger partial charge is 0.452 e. The molecule has 0 spiro atoms. The Morgan fingerprint density at radius 1 is 1.67 bits per heavy atom. The van der Waals surface area contributed by atoms with Gasteiger partial charge in [-0.15, -0.1) is 16.6 Å². The van der Waals surface area contributed by atoms with Crippen LogP contribution in [0.2, 0.25) is 0 Å². The fourth-order valence-corrected chi connectivity index (χ4v) is 0.478. The van der Waals surface area contributed by atoms with Crippen molar-refractivity contribution in [3.05, 3.63) is 0 Å². The van der Waals surface area contributed by atoms with Crippen LogP contribution in [-0.2, 0) is 19.1 Å². The molecule has 0 saturated heterocycles. The molecule has 0 saturated carbocycles. The first-order valence-electron chi connectivity index (χ1n) is 2.99. The van der Waals surface area contributed by atoms with Crippen LogP contribution < -0.4 is 0 Å². The topological polar surface area (TPSA) is 72.8 Å². The van der Waals surface area contributed by atoms with Gasteiger partial charge >= 0.3 is 5.97 Å². The molecule has 0 aromatic rings. The van der Waals surface area contributed by atoms with Crippen LogP contribution in [0.15, 0.2) is 4.99 Å².